The first-order valence-corrected chi connectivity index (χ1v) is 10.5. The Morgan fingerprint density at radius 1 is 0.812 bits per heavy atom. The van der Waals surface area contributed by atoms with Crippen LogP contribution in [0, 0.1) is 11.3 Å². The third-order valence-electron chi connectivity index (χ3n) is 5.74. The first kappa shape index (κ1) is 19.6. The molecular weight excluding hydrogens is 392 g/mol. The number of nitrogens with one attached hydrogen (secondary N) is 1. The van der Waals surface area contributed by atoms with Gasteiger partial charge in [0.15, 0.2) is 0 Å². The van der Waals surface area contributed by atoms with E-state index in [1.54, 1.807) is 0 Å². The molecule has 0 saturated heterocycles. The van der Waals surface area contributed by atoms with Crippen molar-refractivity contribution < 1.29 is 0 Å². The highest BCUT2D eigenvalue weighted by Gasteiger charge is 2.19. The zero-order valence-electron chi connectivity index (χ0n) is 18.0. The van der Waals surface area contributed by atoms with E-state index in [1.165, 1.54) is 0 Å². The van der Waals surface area contributed by atoms with Gasteiger partial charge >= 0.3 is 0 Å². The van der Waals surface area contributed by atoms with Gasteiger partial charge in [-0.2, -0.15) is 5.26 Å². The largest absolute Gasteiger partial charge is 0.378 e. The number of anilines is 1. The third-order valence-corrected chi connectivity index (χ3v) is 5.74. The molecule has 32 heavy (non-hydrogen) atoms. The molecule has 0 fully saturated rings. The van der Waals surface area contributed by atoms with Crippen LogP contribution in [-0.4, -0.2) is 24.1 Å². The molecule has 4 nitrogen and oxygen atoms in total. The summed E-state index contributed by atoms with van der Waals surface area (Å²) in [5.74, 6) is 0. The molecule has 2 heterocycles. The van der Waals surface area contributed by atoms with E-state index < -0.39 is 0 Å². The number of nitriles is 1. The van der Waals surface area contributed by atoms with Gasteiger partial charge in [-0.1, -0.05) is 60.7 Å². The molecule has 0 radical (unpaired) electrons. The summed E-state index contributed by atoms with van der Waals surface area (Å²) in [6.07, 6.45) is 1.95. The van der Waals surface area contributed by atoms with Crippen LogP contribution < -0.4 is 4.90 Å². The molecule has 0 spiro atoms. The SMILES string of the molecule is CN(C)c1ccc(-c2cc(-c3ccccc3)nc(-c3c[nH]c4ccccc34)c2C#N)cc1. The second kappa shape index (κ2) is 8.05. The molecule has 0 aliphatic heterocycles. The van der Waals surface area contributed by atoms with Crippen LogP contribution in [0.1, 0.15) is 5.56 Å². The number of H-pyrrole nitrogens is 1. The highest BCUT2D eigenvalue weighted by molar-refractivity contribution is 5.97. The molecule has 0 amide bonds. The van der Waals surface area contributed by atoms with Crippen LogP contribution in [0.25, 0.3) is 44.5 Å². The minimum Gasteiger partial charge on any atom is -0.378 e. The number of fused-ring (bicyclic) bond motifs is 1. The average molecular weight is 415 g/mol. The average Bonchev–Trinajstić information content (AvgIpc) is 3.28. The van der Waals surface area contributed by atoms with E-state index in [9.17, 15) is 5.26 Å². The summed E-state index contributed by atoms with van der Waals surface area (Å²) < 4.78 is 0. The van der Waals surface area contributed by atoms with Crippen molar-refractivity contribution in [2.75, 3.05) is 19.0 Å². The molecule has 3 aromatic carbocycles. The van der Waals surface area contributed by atoms with Crippen molar-refractivity contribution in [2.24, 2.45) is 0 Å². The fraction of sp³-hybridized carbons (Fsp3) is 0.0714. The highest BCUT2D eigenvalue weighted by Crippen LogP contribution is 2.37. The number of hydrogen-bond acceptors (Lipinski definition) is 3. The van der Waals surface area contributed by atoms with Crippen LogP contribution >= 0.6 is 0 Å². The number of aromatic amines is 1. The van der Waals surface area contributed by atoms with Crippen LogP contribution in [0.15, 0.2) is 91.1 Å². The van der Waals surface area contributed by atoms with Crippen molar-refractivity contribution in [3.8, 4) is 39.7 Å². The van der Waals surface area contributed by atoms with Gasteiger partial charge in [0.25, 0.3) is 0 Å². The van der Waals surface area contributed by atoms with E-state index >= 15 is 0 Å². The normalized spacial score (nSPS) is 10.8. The summed E-state index contributed by atoms with van der Waals surface area (Å²) >= 11 is 0. The summed E-state index contributed by atoms with van der Waals surface area (Å²) in [5.41, 5.74) is 8.07. The van der Waals surface area contributed by atoms with Gasteiger partial charge in [0, 0.05) is 53.6 Å². The Kier molecular flexibility index (Phi) is 4.93. The minimum absolute atomic E-state index is 0.576. The molecule has 1 N–H and O–H groups in total. The van der Waals surface area contributed by atoms with E-state index in [1.807, 2.05) is 74.9 Å². The number of benzene rings is 3. The van der Waals surface area contributed by atoms with E-state index in [4.69, 9.17) is 4.98 Å². The van der Waals surface area contributed by atoms with Crippen LogP contribution in [0.2, 0.25) is 0 Å². The van der Waals surface area contributed by atoms with Crippen LogP contribution in [0.3, 0.4) is 0 Å². The zero-order chi connectivity index (χ0) is 22.1. The number of aromatic nitrogens is 2. The number of hydrogen-bond donors (Lipinski definition) is 1. The Balaban J connectivity index is 1.80. The topological polar surface area (TPSA) is 55.7 Å². The fourth-order valence-corrected chi connectivity index (χ4v) is 4.04. The number of pyridine rings is 1. The molecule has 0 aliphatic rings. The van der Waals surface area contributed by atoms with Crippen molar-refractivity contribution >= 4 is 16.6 Å². The summed E-state index contributed by atoms with van der Waals surface area (Å²) in [6, 6.07) is 31.0. The second-order valence-electron chi connectivity index (χ2n) is 7.95. The summed E-state index contributed by atoms with van der Waals surface area (Å²) in [7, 11) is 4.04. The maximum absolute atomic E-state index is 10.2. The van der Waals surface area contributed by atoms with E-state index in [0.717, 1.165) is 44.5 Å². The van der Waals surface area contributed by atoms with Gasteiger partial charge < -0.3 is 9.88 Å². The van der Waals surface area contributed by atoms with Gasteiger partial charge in [0.2, 0.25) is 0 Å². The molecule has 0 aliphatic carbocycles. The summed E-state index contributed by atoms with van der Waals surface area (Å²) in [4.78, 5) is 10.4. The van der Waals surface area contributed by atoms with Crippen molar-refractivity contribution in [1.82, 2.24) is 9.97 Å². The quantitative estimate of drug-likeness (QED) is 0.365. The van der Waals surface area contributed by atoms with Gasteiger partial charge in [-0.3, -0.25) is 0 Å². The van der Waals surface area contributed by atoms with Gasteiger partial charge in [0.1, 0.15) is 6.07 Å². The van der Waals surface area contributed by atoms with Gasteiger partial charge in [-0.15, -0.1) is 0 Å². The Hall–Kier alpha value is -4.36. The van der Waals surface area contributed by atoms with Crippen molar-refractivity contribution in [3.05, 3.63) is 96.7 Å². The van der Waals surface area contributed by atoms with Crippen LogP contribution in [0.5, 0.6) is 0 Å². The van der Waals surface area contributed by atoms with Crippen molar-refractivity contribution in [1.29, 1.82) is 5.26 Å². The zero-order valence-corrected chi connectivity index (χ0v) is 18.0. The monoisotopic (exact) mass is 414 g/mol. The Morgan fingerprint density at radius 2 is 1.53 bits per heavy atom. The minimum atomic E-state index is 0.576. The van der Waals surface area contributed by atoms with E-state index in [-0.39, 0.29) is 0 Å². The molecule has 154 valence electrons. The number of nitrogens with zero attached hydrogens (tertiary/aromatic N) is 3. The number of rotatable bonds is 4. The lowest BCUT2D eigenvalue weighted by Crippen LogP contribution is -2.08. The maximum atomic E-state index is 10.2. The Morgan fingerprint density at radius 3 is 2.25 bits per heavy atom. The molecule has 5 rings (SSSR count). The lowest BCUT2D eigenvalue weighted by molar-refractivity contribution is 1.13. The van der Waals surface area contributed by atoms with E-state index in [0.29, 0.717) is 11.3 Å². The van der Waals surface area contributed by atoms with Crippen LogP contribution in [-0.2, 0) is 0 Å². The molecule has 0 atom stereocenters. The molecule has 0 saturated carbocycles. The Labute approximate surface area is 187 Å². The van der Waals surface area contributed by atoms with Gasteiger partial charge in [-0.25, -0.2) is 4.98 Å². The molecular formula is C28H22N4. The lowest BCUT2D eigenvalue weighted by Gasteiger charge is -2.15. The highest BCUT2D eigenvalue weighted by atomic mass is 15.1. The molecule has 4 heteroatoms. The van der Waals surface area contributed by atoms with Crippen molar-refractivity contribution in [2.45, 2.75) is 0 Å². The molecule has 5 aromatic rings. The smallest absolute Gasteiger partial charge is 0.102 e. The predicted molar refractivity (Wildman–Crippen MR) is 131 cm³/mol. The first-order chi connectivity index (χ1) is 15.7. The first-order valence-electron chi connectivity index (χ1n) is 10.5. The van der Waals surface area contributed by atoms with Gasteiger partial charge in [-0.05, 0) is 29.8 Å². The van der Waals surface area contributed by atoms with Crippen molar-refractivity contribution in [3.63, 3.8) is 0 Å². The fourth-order valence-electron chi connectivity index (χ4n) is 4.04. The molecule has 0 bridgehead atoms. The molecule has 0 unspecified atom stereocenters. The molecule has 2 aromatic heterocycles. The van der Waals surface area contributed by atoms with E-state index in [2.05, 4.69) is 46.3 Å². The lowest BCUT2D eigenvalue weighted by atomic mass is 9.94. The standard InChI is InChI=1S/C28H22N4/c1-32(2)21-14-12-19(13-15-21)23-16-27(20-8-4-3-5-9-20)31-28(24(23)17-29)25-18-30-26-11-7-6-10-22(25)26/h3-16,18,30H,1-2H3. The maximum Gasteiger partial charge on any atom is 0.102 e. The van der Waals surface area contributed by atoms with Gasteiger partial charge in [0.05, 0.1) is 17.0 Å². The second-order valence-corrected chi connectivity index (χ2v) is 7.95. The summed E-state index contributed by atoms with van der Waals surface area (Å²) in [5, 5.41) is 11.3. The third kappa shape index (κ3) is 3.40. The number of para-hydroxylation sites is 1. The Bertz CT molecular complexity index is 1440. The predicted octanol–water partition coefficient (Wildman–Crippen LogP) is 6.50. The summed E-state index contributed by atoms with van der Waals surface area (Å²) in [6.45, 7) is 0. The van der Waals surface area contributed by atoms with Crippen LogP contribution in [0.4, 0.5) is 5.69 Å².